The van der Waals surface area contributed by atoms with Crippen molar-refractivity contribution in [2.24, 2.45) is 0 Å². The molecule has 1 heterocycles. The van der Waals surface area contributed by atoms with Crippen molar-refractivity contribution >= 4 is 23.2 Å². The van der Waals surface area contributed by atoms with Gasteiger partial charge in [0.15, 0.2) is 0 Å². The Balaban J connectivity index is 1.88. The molecule has 1 aliphatic rings. The Morgan fingerprint density at radius 1 is 1.50 bits per heavy atom. The first kappa shape index (κ1) is 14.8. The van der Waals surface area contributed by atoms with Gasteiger partial charge in [-0.15, -0.1) is 0 Å². The Labute approximate surface area is 122 Å². The highest BCUT2D eigenvalue weighted by atomic mass is 35.5. The van der Waals surface area contributed by atoms with Crippen molar-refractivity contribution in [1.29, 1.82) is 5.26 Å². The summed E-state index contributed by atoms with van der Waals surface area (Å²) in [5.41, 5.74) is 0.795. The van der Waals surface area contributed by atoms with E-state index in [0.29, 0.717) is 16.3 Å². The van der Waals surface area contributed by atoms with Gasteiger partial charge in [-0.1, -0.05) is 11.6 Å². The fraction of sp³-hybridized carbons (Fsp3) is 0.429. The monoisotopic (exact) mass is 293 g/mol. The lowest BCUT2D eigenvalue weighted by molar-refractivity contribution is -0.123. The van der Waals surface area contributed by atoms with E-state index >= 15 is 0 Å². The molecule has 0 radical (unpaired) electrons. The average Bonchev–Trinajstić information content (AvgIpc) is 2.46. The lowest BCUT2D eigenvalue weighted by Crippen LogP contribution is -2.34. The summed E-state index contributed by atoms with van der Waals surface area (Å²) in [5.74, 6) is -0.276. The molecule has 0 bridgehead atoms. The summed E-state index contributed by atoms with van der Waals surface area (Å²) in [7, 11) is 0. The second-order valence-electron chi connectivity index (χ2n) is 4.61. The van der Waals surface area contributed by atoms with Gasteiger partial charge >= 0.3 is 0 Å². The smallest absolute Gasteiger partial charge is 0.250 e. The van der Waals surface area contributed by atoms with Gasteiger partial charge in [0.1, 0.15) is 12.7 Å². The molecule has 6 heteroatoms. The third-order valence-corrected chi connectivity index (χ3v) is 3.35. The Morgan fingerprint density at radius 3 is 2.95 bits per heavy atom. The number of halogens is 1. The minimum atomic E-state index is -0.276. The molecule has 2 rings (SSSR count). The van der Waals surface area contributed by atoms with Gasteiger partial charge in [0.2, 0.25) is 5.91 Å². The van der Waals surface area contributed by atoms with Gasteiger partial charge in [0.25, 0.3) is 0 Å². The summed E-state index contributed by atoms with van der Waals surface area (Å²) >= 11 is 5.86. The van der Waals surface area contributed by atoms with Gasteiger partial charge in [-0.2, -0.15) is 5.26 Å². The molecular formula is C14H16ClN3O2. The van der Waals surface area contributed by atoms with E-state index in [9.17, 15) is 4.79 Å². The maximum Gasteiger partial charge on any atom is 0.250 e. The fourth-order valence-electron chi connectivity index (χ4n) is 2.06. The van der Waals surface area contributed by atoms with Crippen molar-refractivity contribution in [1.82, 2.24) is 5.32 Å². The van der Waals surface area contributed by atoms with Crippen LogP contribution >= 0.6 is 11.6 Å². The highest BCUT2D eigenvalue weighted by Crippen LogP contribution is 2.20. The normalized spacial score (nSPS) is 15.6. The van der Waals surface area contributed by atoms with E-state index in [0.717, 1.165) is 25.9 Å². The Bertz CT molecular complexity index is 522. The third kappa shape index (κ3) is 4.20. The van der Waals surface area contributed by atoms with E-state index in [-0.39, 0.29) is 18.6 Å². The van der Waals surface area contributed by atoms with Crippen molar-refractivity contribution in [3.05, 3.63) is 28.8 Å². The first-order valence-corrected chi connectivity index (χ1v) is 6.88. The van der Waals surface area contributed by atoms with Gasteiger partial charge in [-0.25, -0.2) is 0 Å². The predicted octanol–water partition coefficient (Wildman–Crippen LogP) is 1.92. The van der Waals surface area contributed by atoms with E-state index in [4.69, 9.17) is 21.6 Å². The number of piperidine rings is 1. The summed E-state index contributed by atoms with van der Waals surface area (Å²) in [6.45, 7) is 1.82. The van der Waals surface area contributed by atoms with Crippen LogP contribution in [-0.2, 0) is 9.53 Å². The van der Waals surface area contributed by atoms with Crippen molar-refractivity contribution < 1.29 is 9.53 Å². The number of carbonyl (C=O) groups is 1. The maximum absolute atomic E-state index is 11.8. The standard InChI is InChI=1S/C14H16ClN3O2/c15-11-2-1-10(8-16)13(7-11)18-14(19)9-20-12-3-5-17-6-4-12/h1-2,7,12,17H,3-6,9H2,(H,18,19). The molecule has 0 aromatic heterocycles. The summed E-state index contributed by atoms with van der Waals surface area (Å²) in [5, 5.41) is 15.3. The molecule has 5 nitrogen and oxygen atoms in total. The number of hydrogen-bond acceptors (Lipinski definition) is 4. The minimum Gasteiger partial charge on any atom is -0.368 e. The van der Waals surface area contributed by atoms with Crippen LogP contribution in [0.25, 0.3) is 0 Å². The first-order chi connectivity index (χ1) is 9.69. The molecule has 0 unspecified atom stereocenters. The molecule has 0 saturated carbocycles. The molecule has 1 fully saturated rings. The molecule has 20 heavy (non-hydrogen) atoms. The van der Waals surface area contributed by atoms with Crippen LogP contribution in [0.15, 0.2) is 18.2 Å². The SMILES string of the molecule is N#Cc1ccc(Cl)cc1NC(=O)COC1CCNCC1. The molecule has 1 aromatic rings. The maximum atomic E-state index is 11.8. The largest absolute Gasteiger partial charge is 0.368 e. The van der Waals surface area contributed by atoms with E-state index in [1.54, 1.807) is 18.2 Å². The van der Waals surface area contributed by atoms with Gasteiger partial charge in [-0.3, -0.25) is 4.79 Å². The van der Waals surface area contributed by atoms with Crippen LogP contribution in [0.5, 0.6) is 0 Å². The van der Waals surface area contributed by atoms with Crippen molar-refractivity contribution in [3.8, 4) is 6.07 Å². The second kappa shape index (κ2) is 7.25. The van der Waals surface area contributed by atoms with Crippen LogP contribution < -0.4 is 10.6 Å². The van der Waals surface area contributed by atoms with Crippen molar-refractivity contribution in [2.45, 2.75) is 18.9 Å². The molecule has 106 valence electrons. The number of hydrogen-bond donors (Lipinski definition) is 2. The summed E-state index contributed by atoms with van der Waals surface area (Å²) in [4.78, 5) is 11.8. The van der Waals surface area contributed by atoms with E-state index < -0.39 is 0 Å². The van der Waals surface area contributed by atoms with Crippen LogP contribution in [-0.4, -0.2) is 31.7 Å². The molecule has 0 aliphatic carbocycles. The van der Waals surface area contributed by atoms with Gasteiger partial charge in [0.05, 0.1) is 17.4 Å². The number of anilines is 1. The van der Waals surface area contributed by atoms with Crippen molar-refractivity contribution in [3.63, 3.8) is 0 Å². The average molecular weight is 294 g/mol. The Hall–Kier alpha value is -1.61. The molecular weight excluding hydrogens is 278 g/mol. The number of carbonyl (C=O) groups excluding carboxylic acids is 1. The van der Waals surface area contributed by atoms with E-state index in [1.165, 1.54) is 0 Å². The Kier molecular flexibility index (Phi) is 5.36. The van der Waals surface area contributed by atoms with Crippen LogP contribution in [0.2, 0.25) is 5.02 Å². The number of nitrogens with zero attached hydrogens (tertiary/aromatic N) is 1. The highest BCUT2D eigenvalue weighted by Gasteiger charge is 2.15. The van der Waals surface area contributed by atoms with Crippen LogP contribution in [0.3, 0.4) is 0 Å². The third-order valence-electron chi connectivity index (χ3n) is 3.11. The summed E-state index contributed by atoms with van der Waals surface area (Å²) in [6.07, 6.45) is 1.94. The first-order valence-electron chi connectivity index (χ1n) is 6.51. The molecule has 2 N–H and O–H groups in total. The molecule has 1 saturated heterocycles. The number of rotatable bonds is 4. The van der Waals surface area contributed by atoms with Crippen molar-refractivity contribution in [2.75, 3.05) is 25.0 Å². The van der Waals surface area contributed by atoms with Gasteiger partial charge < -0.3 is 15.4 Å². The molecule has 1 aromatic carbocycles. The molecule has 0 atom stereocenters. The van der Waals surface area contributed by atoms with Crippen LogP contribution in [0.4, 0.5) is 5.69 Å². The predicted molar refractivity (Wildman–Crippen MR) is 76.6 cm³/mol. The topological polar surface area (TPSA) is 74.2 Å². The number of benzene rings is 1. The fourth-order valence-corrected chi connectivity index (χ4v) is 2.23. The summed E-state index contributed by atoms with van der Waals surface area (Å²) < 4.78 is 5.55. The van der Waals surface area contributed by atoms with Crippen LogP contribution in [0, 0.1) is 11.3 Å². The number of nitriles is 1. The molecule has 1 amide bonds. The quantitative estimate of drug-likeness (QED) is 0.889. The zero-order valence-electron chi connectivity index (χ0n) is 11.0. The molecule has 0 spiro atoms. The van der Waals surface area contributed by atoms with Gasteiger partial charge in [-0.05, 0) is 44.1 Å². The minimum absolute atomic E-state index is 0.0119. The van der Waals surface area contributed by atoms with Crippen LogP contribution in [0.1, 0.15) is 18.4 Å². The summed E-state index contributed by atoms with van der Waals surface area (Å²) in [6, 6.07) is 6.76. The zero-order chi connectivity index (χ0) is 14.4. The molecule has 1 aliphatic heterocycles. The number of ether oxygens (including phenoxy) is 1. The lowest BCUT2D eigenvalue weighted by Gasteiger charge is -2.22. The van der Waals surface area contributed by atoms with E-state index in [2.05, 4.69) is 10.6 Å². The lowest BCUT2D eigenvalue weighted by atomic mass is 10.1. The number of amides is 1. The second-order valence-corrected chi connectivity index (χ2v) is 5.05. The highest BCUT2D eigenvalue weighted by molar-refractivity contribution is 6.31. The zero-order valence-corrected chi connectivity index (χ0v) is 11.7. The van der Waals surface area contributed by atoms with E-state index in [1.807, 2.05) is 6.07 Å². The van der Waals surface area contributed by atoms with Gasteiger partial charge in [0, 0.05) is 5.02 Å². The number of nitrogens with one attached hydrogen (secondary N) is 2. The Morgan fingerprint density at radius 2 is 2.25 bits per heavy atom.